The molecule has 0 aliphatic heterocycles. The van der Waals surface area contributed by atoms with E-state index in [2.05, 4.69) is 35.6 Å². The molecule has 0 atom stereocenters. The molecular weight excluding hydrogens is 295 g/mol. The molecule has 0 saturated carbocycles. The average Bonchev–Trinajstić information content (AvgIpc) is 2.43. The van der Waals surface area contributed by atoms with Gasteiger partial charge in [0.15, 0.2) is 0 Å². The Morgan fingerprint density at radius 3 is 2.92 bits per heavy atom. The van der Waals surface area contributed by atoms with Crippen molar-refractivity contribution in [2.45, 2.75) is 13.5 Å². The number of halogens is 1. The Morgan fingerprint density at radius 1 is 1.46 bits per heavy atom. The van der Waals surface area contributed by atoms with Gasteiger partial charge in [0.1, 0.15) is 0 Å². The molecule has 2 rings (SSSR count). The predicted molar refractivity (Wildman–Crippen MR) is 65.2 cm³/mol. The summed E-state index contributed by atoms with van der Waals surface area (Å²) in [6.45, 7) is 2.25. The second-order valence-electron chi connectivity index (χ2n) is 2.92. The van der Waals surface area contributed by atoms with E-state index in [4.69, 9.17) is 0 Å². The molecule has 0 amide bonds. The first kappa shape index (κ1) is 9.43. The Labute approximate surface area is 94.5 Å². The molecule has 0 fully saturated rings. The van der Waals surface area contributed by atoms with Crippen LogP contribution in [0.2, 0.25) is 0 Å². The maximum Gasteiger partial charge on any atom is 0.0688 e. The zero-order chi connectivity index (χ0) is 9.42. The van der Waals surface area contributed by atoms with Crippen LogP contribution in [0.5, 0.6) is 0 Å². The highest BCUT2D eigenvalue weighted by Crippen LogP contribution is 2.33. The van der Waals surface area contributed by atoms with E-state index in [1.165, 1.54) is 18.5 Å². The minimum atomic E-state index is 0.128. The Balaban J connectivity index is 2.87. The lowest BCUT2D eigenvalue weighted by Gasteiger charge is -1.98. The van der Waals surface area contributed by atoms with Gasteiger partial charge in [0.2, 0.25) is 0 Å². The highest BCUT2D eigenvalue weighted by atomic mass is 127. The first-order valence-electron chi connectivity index (χ1n) is 4.01. The van der Waals surface area contributed by atoms with Crippen molar-refractivity contribution in [3.8, 4) is 0 Å². The summed E-state index contributed by atoms with van der Waals surface area (Å²) in [4.78, 5) is 1.33. The first-order valence-corrected chi connectivity index (χ1v) is 5.91. The first-order chi connectivity index (χ1) is 6.24. The summed E-state index contributed by atoms with van der Waals surface area (Å²) in [7, 11) is 0. The Bertz CT molecular complexity index is 447. The summed E-state index contributed by atoms with van der Waals surface area (Å²) in [6.07, 6.45) is 0. The molecule has 68 valence electrons. The number of benzene rings is 1. The van der Waals surface area contributed by atoms with Crippen LogP contribution in [0.1, 0.15) is 10.4 Å². The standard InChI is InChI=1S/C10H9IOS/c1-6-10(11)9-7(5-12)3-2-4-8(9)13-6/h2-4,12H,5H2,1H3. The van der Waals surface area contributed by atoms with Crippen molar-refractivity contribution in [1.29, 1.82) is 0 Å². The minimum absolute atomic E-state index is 0.128. The van der Waals surface area contributed by atoms with Crippen molar-refractivity contribution in [3.63, 3.8) is 0 Å². The van der Waals surface area contributed by atoms with Gasteiger partial charge in [0.25, 0.3) is 0 Å². The molecule has 0 aliphatic carbocycles. The summed E-state index contributed by atoms with van der Waals surface area (Å²) in [5.74, 6) is 0. The van der Waals surface area contributed by atoms with E-state index in [1.54, 1.807) is 11.3 Å². The molecular formula is C10H9IOS. The zero-order valence-corrected chi connectivity index (χ0v) is 10.1. The van der Waals surface area contributed by atoms with Gasteiger partial charge in [-0.05, 0) is 41.1 Å². The van der Waals surface area contributed by atoms with Gasteiger partial charge in [0, 0.05) is 18.5 Å². The highest BCUT2D eigenvalue weighted by Gasteiger charge is 2.09. The largest absolute Gasteiger partial charge is 0.392 e. The van der Waals surface area contributed by atoms with Crippen LogP contribution in [0.4, 0.5) is 0 Å². The van der Waals surface area contributed by atoms with E-state index in [1.807, 2.05) is 12.1 Å². The Kier molecular flexibility index (Phi) is 2.58. The maximum atomic E-state index is 9.17. The number of hydrogen-bond donors (Lipinski definition) is 1. The normalized spacial score (nSPS) is 11.0. The molecule has 1 heterocycles. The number of fused-ring (bicyclic) bond motifs is 1. The van der Waals surface area contributed by atoms with Crippen LogP contribution in [0.25, 0.3) is 10.1 Å². The van der Waals surface area contributed by atoms with Gasteiger partial charge in [-0.25, -0.2) is 0 Å². The van der Waals surface area contributed by atoms with Crippen molar-refractivity contribution in [1.82, 2.24) is 0 Å². The van der Waals surface area contributed by atoms with E-state index >= 15 is 0 Å². The molecule has 1 N–H and O–H groups in total. The summed E-state index contributed by atoms with van der Waals surface area (Å²) >= 11 is 4.14. The highest BCUT2D eigenvalue weighted by molar-refractivity contribution is 14.1. The van der Waals surface area contributed by atoms with Crippen LogP contribution in [0.3, 0.4) is 0 Å². The molecule has 0 unspecified atom stereocenters. The van der Waals surface area contributed by atoms with Gasteiger partial charge in [-0.15, -0.1) is 11.3 Å². The third-order valence-electron chi connectivity index (χ3n) is 2.07. The zero-order valence-electron chi connectivity index (χ0n) is 7.17. The fourth-order valence-electron chi connectivity index (χ4n) is 1.43. The molecule has 0 bridgehead atoms. The lowest BCUT2D eigenvalue weighted by Crippen LogP contribution is -1.84. The Morgan fingerprint density at radius 2 is 2.23 bits per heavy atom. The van der Waals surface area contributed by atoms with Gasteiger partial charge >= 0.3 is 0 Å². The van der Waals surface area contributed by atoms with Crippen molar-refractivity contribution in [3.05, 3.63) is 32.2 Å². The molecule has 13 heavy (non-hydrogen) atoms. The molecule has 1 nitrogen and oxygen atoms in total. The number of aliphatic hydroxyl groups excluding tert-OH is 1. The number of rotatable bonds is 1. The summed E-state index contributed by atoms with van der Waals surface area (Å²) in [5, 5.41) is 10.4. The van der Waals surface area contributed by atoms with Crippen LogP contribution >= 0.6 is 33.9 Å². The predicted octanol–water partition coefficient (Wildman–Crippen LogP) is 3.31. The summed E-state index contributed by atoms with van der Waals surface area (Å²) < 4.78 is 2.55. The quantitative estimate of drug-likeness (QED) is 0.802. The van der Waals surface area contributed by atoms with Crippen LogP contribution in [0, 0.1) is 10.5 Å². The number of thiophene rings is 1. The maximum absolute atomic E-state index is 9.17. The van der Waals surface area contributed by atoms with Gasteiger partial charge in [-0.3, -0.25) is 0 Å². The summed E-state index contributed by atoms with van der Waals surface area (Å²) in [5.41, 5.74) is 1.03. The molecule has 3 heteroatoms. The SMILES string of the molecule is Cc1sc2cccc(CO)c2c1I. The van der Waals surface area contributed by atoms with E-state index in [9.17, 15) is 5.11 Å². The number of aryl methyl sites for hydroxylation is 1. The molecule has 0 radical (unpaired) electrons. The van der Waals surface area contributed by atoms with Gasteiger partial charge in [-0.1, -0.05) is 12.1 Å². The second kappa shape index (κ2) is 3.55. The van der Waals surface area contributed by atoms with Crippen molar-refractivity contribution in [2.75, 3.05) is 0 Å². The topological polar surface area (TPSA) is 20.2 Å². The van der Waals surface area contributed by atoms with E-state index < -0.39 is 0 Å². The fraction of sp³-hybridized carbons (Fsp3) is 0.200. The van der Waals surface area contributed by atoms with Crippen LogP contribution in [0.15, 0.2) is 18.2 Å². The third-order valence-corrected chi connectivity index (χ3v) is 4.86. The number of aliphatic hydroxyl groups is 1. The number of hydrogen-bond acceptors (Lipinski definition) is 2. The lowest BCUT2D eigenvalue weighted by molar-refractivity contribution is 0.283. The van der Waals surface area contributed by atoms with Crippen LogP contribution in [-0.2, 0) is 6.61 Å². The minimum Gasteiger partial charge on any atom is -0.392 e. The van der Waals surface area contributed by atoms with Crippen molar-refractivity contribution in [2.24, 2.45) is 0 Å². The molecule has 0 spiro atoms. The van der Waals surface area contributed by atoms with E-state index in [-0.39, 0.29) is 6.61 Å². The van der Waals surface area contributed by atoms with E-state index in [0.29, 0.717) is 0 Å². The smallest absolute Gasteiger partial charge is 0.0688 e. The summed E-state index contributed by atoms with van der Waals surface area (Å²) in [6, 6.07) is 6.09. The third kappa shape index (κ3) is 1.49. The molecule has 2 aromatic rings. The Hall–Kier alpha value is -0.130. The lowest BCUT2D eigenvalue weighted by atomic mass is 10.1. The van der Waals surface area contributed by atoms with Crippen LogP contribution in [-0.4, -0.2) is 5.11 Å². The monoisotopic (exact) mass is 304 g/mol. The molecule has 0 saturated heterocycles. The fourth-order valence-corrected chi connectivity index (χ4v) is 3.58. The van der Waals surface area contributed by atoms with Gasteiger partial charge in [-0.2, -0.15) is 0 Å². The van der Waals surface area contributed by atoms with Gasteiger partial charge < -0.3 is 5.11 Å². The van der Waals surface area contributed by atoms with Crippen molar-refractivity contribution >= 4 is 44.0 Å². The second-order valence-corrected chi connectivity index (χ2v) is 5.26. The van der Waals surface area contributed by atoms with Crippen molar-refractivity contribution < 1.29 is 5.11 Å². The molecule has 0 aliphatic rings. The van der Waals surface area contributed by atoms with Crippen LogP contribution < -0.4 is 0 Å². The molecule has 1 aromatic carbocycles. The molecule has 1 aromatic heterocycles. The average molecular weight is 304 g/mol. The van der Waals surface area contributed by atoms with Gasteiger partial charge in [0.05, 0.1) is 6.61 Å². The van der Waals surface area contributed by atoms with E-state index in [0.717, 1.165) is 5.56 Å².